The van der Waals surface area contributed by atoms with Crippen molar-refractivity contribution >= 4 is 17.4 Å². The predicted molar refractivity (Wildman–Crippen MR) is 73.5 cm³/mol. The molecule has 0 aliphatic carbocycles. The summed E-state index contributed by atoms with van der Waals surface area (Å²) < 4.78 is 44.3. The summed E-state index contributed by atoms with van der Waals surface area (Å²) in [5, 5.41) is -0.227. The molecule has 0 atom stereocenters. The van der Waals surface area contributed by atoms with E-state index in [1.54, 1.807) is 4.90 Å². The summed E-state index contributed by atoms with van der Waals surface area (Å²) in [6.45, 7) is 8.37. The van der Waals surface area contributed by atoms with Gasteiger partial charge in [-0.2, -0.15) is 13.2 Å². The van der Waals surface area contributed by atoms with E-state index in [1.807, 2.05) is 27.7 Å². The van der Waals surface area contributed by atoms with Gasteiger partial charge in [0.25, 0.3) is 0 Å². The first-order chi connectivity index (χ1) is 9.38. The minimum atomic E-state index is -4.63. The lowest BCUT2D eigenvalue weighted by Crippen LogP contribution is -2.57. The van der Waals surface area contributed by atoms with Crippen LogP contribution in [0.5, 0.6) is 0 Å². The Hall–Kier alpha value is -1.08. The fourth-order valence-corrected chi connectivity index (χ4v) is 2.82. The van der Waals surface area contributed by atoms with E-state index in [1.165, 1.54) is 6.07 Å². The summed E-state index contributed by atoms with van der Waals surface area (Å²) in [5.74, 6) is -1.07. The Labute approximate surface area is 126 Å². The van der Waals surface area contributed by atoms with E-state index >= 15 is 0 Å². The summed E-state index contributed by atoms with van der Waals surface area (Å²) in [4.78, 5) is 8.60. The van der Waals surface area contributed by atoms with Crippen LogP contribution in [-0.2, 0) is 10.9 Å². The molecule has 1 aliphatic rings. The number of anilines is 1. The maximum Gasteiger partial charge on any atom is 0.451 e. The number of nitrogens with zero attached hydrogens (tertiary/aromatic N) is 3. The lowest BCUT2D eigenvalue weighted by molar-refractivity contribution is -0.145. The average molecular weight is 324 g/mol. The van der Waals surface area contributed by atoms with Gasteiger partial charge in [0.2, 0.25) is 5.82 Å². The fourth-order valence-electron chi connectivity index (χ4n) is 2.64. The number of morpholine rings is 1. The van der Waals surface area contributed by atoms with Crippen molar-refractivity contribution in [2.24, 2.45) is 0 Å². The van der Waals surface area contributed by atoms with Gasteiger partial charge in [0, 0.05) is 19.2 Å². The molecule has 2 rings (SSSR count). The molecule has 0 bridgehead atoms. The largest absolute Gasteiger partial charge is 0.451 e. The van der Waals surface area contributed by atoms with Crippen molar-refractivity contribution in [3.63, 3.8) is 0 Å². The molecular weight excluding hydrogens is 307 g/mol. The van der Waals surface area contributed by atoms with Crippen molar-refractivity contribution in [2.75, 3.05) is 18.0 Å². The lowest BCUT2D eigenvalue weighted by atomic mass is 9.99. The number of aromatic nitrogens is 2. The van der Waals surface area contributed by atoms with E-state index < -0.39 is 23.2 Å². The third kappa shape index (κ3) is 3.97. The monoisotopic (exact) mass is 323 g/mol. The van der Waals surface area contributed by atoms with Gasteiger partial charge in [0.05, 0.1) is 11.2 Å². The van der Waals surface area contributed by atoms with E-state index in [0.717, 1.165) is 0 Å². The Morgan fingerprint density at radius 1 is 1.14 bits per heavy atom. The summed E-state index contributed by atoms with van der Waals surface area (Å²) >= 11 is 5.71. The molecule has 1 aliphatic heterocycles. The van der Waals surface area contributed by atoms with Crippen LogP contribution in [0.25, 0.3) is 0 Å². The summed E-state index contributed by atoms with van der Waals surface area (Å²) in [7, 11) is 0. The molecule has 4 nitrogen and oxygen atoms in total. The van der Waals surface area contributed by atoms with Gasteiger partial charge in [-0.25, -0.2) is 9.97 Å². The molecule has 1 fully saturated rings. The van der Waals surface area contributed by atoms with E-state index in [0.29, 0.717) is 13.1 Å². The van der Waals surface area contributed by atoms with Crippen molar-refractivity contribution < 1.29 is 17.9 Å². The van der Waals surface area contributed by atoms with Gasteiger partial charge in [-0.1, -0.05) is 11.6 Å². The van der Waals surface area contributed by atoms with Crippen LogP contribution in [-0.4, -0.2) is 34.3 Å². The summed E-state index contributed by atoms with van der Waals surface area (Å²) in [6.07, 6.45) is -4.63. The topological polar surface area (TPSA) is 38.2 Å². The quantitative estimate of drug-likeness (QED) is 0.741. The van der Waals surface area contributed by atoms with Crippen LogP contribution in [0.3, 0.4) is 0 Å². The smallest absolute Gasteiger partial charge is 0.366 e. The van der Waals surface area contributed by atoms with Crippen LogP contribution < -0.4 is 4.90 Å². The molecule has 0 N–H and O–H groups in total. The fraction of sp³-hybridized carbons (Fsp3) is 0.692. The average Bonchev–Trinajstić information content (AvgIpc) is 2.22. The Balaban J connectivity index is 2.39. The number of halogens is 4. The van der Waals surface area contributed by atoms with Crippen molar-refractivity contribution in [1.29, 1.82) is 0 Å². The Morgan fingerprint density at radius 3 is 2.14 bits per heavy atom. The Morgan fingerprint density at radius 2 is 1.67 bits per heavy atom. The van der Waals surface area contributed by atoms with Crippen molar-refractivity contribution in [3.8, 4) is 0 Å². The lowest BCUT2D eigenvalue weighted by Gasteiger charge is -2.47. The predicted octanol–water partition coefficient (Wildman–Crippen LogP) is 3.54. The molecule has 1 aromatic rings. The number of hydrogen-bond acceptors (Lipinski definition) is 4. The summed E-state index contributed by atoms with van der Waals surface area (Å²) in [6, 6.07) is 1.34. The highest BCUT2D eigenvalue weighted by atomic mass is 35.5. The van der Waals surface area contributed by atoms with Crippen LogP contribution in [0.4, 0.5) is 19.0 Å². The highest BCUT2D eigenvalue weighted by Crippen LogP contribution is 2.33. The van der Waals surface area contributed by atoms with E-state index in [9.17, 15) is 13.2 Å². The molecule has 2 heterocycles. The van der Waals surface area contributed by atoms with Crippen molar-refractivity contribution in [2.45, 2.75) is 45.1 Å². The second-order valence-corrected chi connectivity index (χ2v) is 6.73. The molecule has 0 amide bonds. The first kappa shape index (κ1) is 16.3. The zero-order chi connectivity index (χ0) is 16.1. The van der Waals surface area contributed by atoms with Crippen LogP contribution in [0.2, 0.25) is 5.15 Å². The molecule has 0 unspecified atom stereocenters. The molecule has 0 spiro atoms. The second kappa shape index (κ2) is 4.98. The third-order valence-electron chi connectivity index (χ3n) is 2.95. The normalized spacial score (nSPS) is 21.4. The minimum Gasteiger partial charge on any atom is -0.366 e. The number of alkyl halides is 3. The maximum atomic E-state index is 12.8. The summed E-state index contributed by atoms with van der Waals surface area (Å²) in [5.41, 5.74) is -1.00. The zero-order valence-electron chi connectivity index (χ0n) is 12.3. The van der Waals surface area contributed by atoms with Gasteiger partial charge in [-0.05, 0) is 27.7 Å². The SMILES string of the molecule is CC1(C)CN(c2cc(Cl)nc(C(F)(F)F)n2)CC(C)(C)O1. The van der Waals surface area contributed by atoms with Gasteiger partial charge in [-0.15, -0.1) is 0 Å². The van der Waals surface area contributed by atoms with Gasteiger partial charge in [0.1, 0.15) is 11.0 Å². The first-order valence-corrected chi connectivity index (χ1v) is 6.83. The Bertz CT molecular complexity index is 530. The molecule has 118 valence electrons. The standard InChI is InChI=1S/C13H17ClF3N3O/c1-11(2)6-20(7-12(3,4)21-11)9-5-8(14)18-10(19-9)13(15,16)17/h5H,6-7H2,1-4H3. The third-order valence-corrected chi connectivity index (χ3v) is 3.15. The zero-order valence-corrected chi connectivity index (χ0v) is 13.0. The molecule has 21 heavy (non-hydrogen) atoms. The molecule has 8 heteroatoms. The molecule has 1 saturated heterocycles. The molecule has 0 aromatic carbocycles. The number of rotatable bonds is 1. The van der Waals surface area contributed by atoms with Gasteiger partial charge < -0.3 is 9.64 Å². The van der Waals surface area contributed by atoms with Crippen molar-refractivity contribution in [1.82, 2.24) is 9.97 Å². The van der Waals surface area contributed by atoms with E-state index in [4.69, 9.17) is 16.3 Å². The van der Waals surface area contributed by atoms with Crippen LogP contribution >= 0.6 is 11.6 Å². The van der Waals surface area contributed by atoms with Gasteiger partial charge in [0.15, 0.2) is 0 Å². The molecular formula is C13H17ClF3N3O. The van der Waals surface area contributed by atoms with Crippen LogP contribution in [0.15, 0.2) is 6.07 Å². The van der Waals surface area contributed by atoms with Gasteiger partial charge >= 0.3 is 6.18 Å². The van der Waals surface area contributed by atoms with E-state index in [-0.39, 0.29) is 11.0 Å². The molecule has 0 radical (unpaired) electrons. The number of ether oxygens (including phenoxy) is 1. The van der Waals surface area contributed by atoms with Crippen LogP contribution in [0, 0.1) is 0 Å². The highest BCUT2D eigenvalue weighted by molar-refractivity contribution is 6.29. The first-order valence-electron chi connectivity index (χ1n) is 6.45. The van der Waals surface area contributed by atoms with E-state index in [2.05, 4.69) is 9.97 Å². The number of hydrogen-bond donors (Lipinski definition) is 0. The second-order valence-electron chi connectivity index (χ2n) is 6.35. The highest BCUT2D eigenvalue weighted by Gasteiger charge is 2.40. The van der Waals surface area contributed by atoms with Crippen LogP contribution in [0.1, 0.15) is 33.5 Å². The maximum absolute atomic E-state index is 12.8. The molecule has 0 saturated carbocycles. The minimum absolute atomic E-state index is 0.159. The Kier molecular flexibility index (Phi) is 3.87. The molecule has 1 aromatic heterocycles. The van der Waals surface area contributed by atoms with Crippen molar-refractivity contribution in [3.05, 3.63) is 17.0 Å². The van der Waals surface area contributed by atoms with Gasteiger partial charge in [-0.3, -0.25) is 0 Å².